The lowest BCUT2D eigenvalue weighted by Crippen LogP contribution is -2.52. The van der Waals surface area contributed by atoms with Crippen molar-refractivity contribution in [1.82, 2.24) is 10.7 Å². The molecule has 1 atom stereocenters. The molecule has 0 unspecified atom stereocenters. The third-order valence-electron chi connectivity index (χ3n) is 2.95. The lowest BCUT2D eigenvalue weighted by atomic mass is 10.2. The molecule has 5 N–H and O–H groups in total. The molecular weight excluding hydrogens is 324 g/mol. The van der Waals surface area contributed by atoms with Gasteiger partial charge in [0.05, 0.1) is 26.4 Å². The van der Waals surface area contributed by atoms with Crippen molar-refractivity contribution in [3.63, 3.8) is 0 Å². The van der Waals surface area contributed by atoms with Crippen molar-refractivity contribution in [1.29, 1.82) is 0 Å². The first kappa shape index (κ1) is 20.9. The summed E-state index contributed by atoms with van der Waals surface area (Å²) in [5.74, 6) is 5.79. The largest absolute Gasteiger partial charge is 0.444 e. The Hall–Kier alpha value is -2.16. The summed E-state index contributed by atoms with van der Waals surface area (Å²) in [5, 5.41) is 11.6. The van der Waals surface area contributed by atoms with E-state index in [0.717, 1.165) is 5.56 Å². The van der Waals surface area contributed by atoms with E-state index < -0.39 is 17.7 Å². The highest BCUT2D eigenvalue weighted by atomic mass is 16.6. The predicted molar refractivity (Wildman–Crippen MR) is 96.0 cm³/mol. The number of ether oxygens (including phenoxy) is 2. The van der Waals surface area contributed by atoms with E-state index in [2.05, 4.69) is 15.7 Å². The average Bonchev–Trinajstić information content (AvgIpc) is 2.54. The standard InChI is InChI=1S/C17H28N4O4/c1-17(2,3)25-16(23)20-14(15(21-18)19-9-10-22)12-24-11-13-7-5-4-6-8-13/h4-8,14,22H,9-12,18H2,1-3H3,(H,19,21)(H,20,23)/t14-/m1/s1. The molecule has 140 valence electrons. The van der Waals surface area contributed by atoms with Gasteiger partial charge in [-0.15, -0.1) is 0 Å². The Morgan fingerprint density at radius 2 is 2.00 bits per heavy atom. The van der Waals surface area contributed by atoms with Crippen LogP contribution in [-0.4, -0.2) is 48.4 Å². The van der Waals surface area contributed by atoms with Crippen LogP contribution in [0, 0.1) is 0 Å². The summed E-state index contributed by atoms with van der Waals surface area (Å²) < 4.78 is 10.9. The number of benzene rings is 1. The van der Waals surface area contributed by atoms with E-state index in [1.807, 2.05) is 30.3 Å². The Balaban J connectivity index is 2.70. The van der Waals surface area contributed by atoms with Gasteiger partial charge in [0.1, 0.15) is 17.5 Å². The third-order valence-corrected chi connectivity index (χ3v) is 2.95. The Kier molecular flexibility index (Phi) is 8.90. The summed E-state index contributed by atoms with van der Waals surface area (Å²) in [4.78, 5) is 16.2. The van der Waals surface area contributed by atoms with Gasteiger partial charge in [-0.3, -0.25) is 4.99 Å². The second-order valence-electron chi connectivity index (χ2n) is 6.33. The number of carbonyl (C=O) groups excluding carboxylic acids is 1. The topological polar surface area (TPSA) is 118 Å². The minimum Gasteiger partial charge on any atom is -0.444 e. The molecule has 0 radical (unpaired) electrons. The summed E-state index contributed by atoms with van der Waals surface area (Å²) in [7, 11) is 0. The van der Waals surface area contributed by atoms with Gasteiger partial charge in [-0.1, -0.05) is 30.3 Å². The van der Waals surface area contributed by atoms with E-state index in [-0.39, 0.29) is 19.8 Å². The fourth-order valence-corrected chi connectivity index (χ4v) is 1.93. The molecule has 8 nitrogen and oxygen atoms in total. The van der Waals surface area contributed by atoms with E-state index in [4.69, 9.17) is 20.4 Å². The van der Waals surface area contributed by atoms with Crippen molar-refractivity contribution >= 4 is 11.9 Å². The highest BCUT2D eigenvalue weighted by Gasteiger charge is 2.23. The number of carbonyl (C=O) groups is 1. The van der Waals surface area contributed by atoms with Crippen molar-refractivity contribution < 1.29 is 19.4 Å². The molecule has 0 saturated heterocycles. The molecule has 0 aliphatic carbocycles. The van der Waals surface area contributed by atoms with Gasteiger partial charge in [-0.25, -0.2) is 10.6 Å². The minimum absolute atomic E-state index is 0.130. The van der Waals surface area contributed by atoms with Crippen LogP contribution in [0.4, 0.5) is 4.79 Å². The molecule has 0 heterocycles. The summed E-state index contributed by atoms with van der Waals surface area (Å²) in [5.41, 5.74) is 2.82. The van der Waals surface area contributed by atoms with Gasteiger partial charge in [0, 0.05) is 0 Å². The monoisotopic (exact) mass is 352 g/mol. The van der Waals surface area contributed by atoms with Crippen LogP contribution in [0.5, 0.6) is 0 Å². The zero-order valence-electron chi connectivity index (χ0n) is 15.0. The average molecular weight is 352 g/mol. The van der Waals surface area contributed by atoms with Crippen LogP contribution in [0.2, 0.25) is 0 Å². The maximum Gasteiger partial charge on any atom is 0.408 e. The first-order chi connectivity index (χ1) is 11.9. The predicted octanol–water partition coefficient (Wildman–Crippen LogP) is 0.951. The van der Waals surface area contributed by atoms with Crippen molar-refractivity contribution in [3.05, 3.63) is 35.9 Å². The lowest BCUT2D eigenvalue weighted by molar-refractivity contribution is 0.0466. The first-order valence-corrected chi connectivity index (χ1v) is 8.08. The Labute approximate surface area is 148 Å². The summed E-state index contributed by atoms with van der Waals surface area (Å²) >= 11 is 0. The van der Waals surface area contributed by atoms with Gasteiger partial charge >= 0.3 is 6.09 Å². The van der Waals surface area contributed by atoms with Gasteiger partial charge in [0.15, 0.2) is 0 Å². The maximum absolute atomic E-state index is 12.0. The van der Waals surface area contributed by atoms with E-state index in [1.54, 1.807) is 20.8 Å². The Bertz CT molecular complexity index is 543. The van der Waals surface area contributed by atoms with Crippen molar-refractivity contribution in [2.24, 2.45) is 10.8 Å². The molecule has 1 amide bonds. The van der Waals surface area contributed by atoms with Crippen LogP contribution >= 0.6 is 0 Å². The van der Waals surface area contributed by atoms with Crippen molar-refractivity contribution in [2.75, 3.05) is 19.8 Å². The highest BCUT2D eigenvalue weighted by molar-refractivity contribution is 5.90. The lowest BCUT2D eigenvalue weighted by Gasteiger charge is -2.24. The fraction of sp³-hybridized carbons (Fsp3) is 0.529. The molecule has 0 spiro atoms. The third kappa shape index (κ3) is 9.04. The zero-order valence-corrected chi connectivity index (χ0v) is 15.0. The number of aliphatic hydroxyl groups excluding tert-OH is 1. The number of rotatable bonds is 8. The zero-order chi connectivity index (χ0) is 18.7. The smallest absolute Gasteiger partial charge is 0.408 e. The van der Waals surface area contributed by atoms with E-state index >= 15 is 0 Å². The van der Waals surface area contributed by atoms with Crippen LogP contribution in [0.3, 0.4) is 0 Å². The molecule has 25 heavy (non-hydrogen) atoms. The Morgan fingerprint density at radius 1 is 1.32 bits per heavy atom. The van der Waals surface area contributed by atoms with E-state index in [9.17, 15) is 4.79 Å². The number of hydrazine groups is 1. The molecule has 0 aliphatic heterocycles. The quantitative estimate of drug-likeness (QED) is 0.239. The maximum atomic E-state index is 12.0. The first-order valence-electron chi connectivity index (χ1n) is 8.08. The van der Waals surface area contributed by atoms with Gasteiger partial charge in [-0.05, 0) is 26.3 Å². The second-order valence-corrected chi connectivity index (χ2v) is 6.33. The molecular formula is C17H28N4O4. The molecule has 0 aliphatic rings. The van der Waals surface area contributed by atoms with Crippen molar-refractivity contribution in [3.8, 4) is 0 Å². The number of hydrogen-bond donors (Lipinski definition) is 4. The number of alkyl carbamates (subject to hydrolysis) is 1. The molecule has 1 rings (SSSR count). The molecule has 0 fully saturated rings. The number of aliphatic imine (C=N–C) groups is 1. The Morgan fingerprint density at radius 3 is 2.56 bits per heavy atom. The molecule has 0 bridgehead atoms. The van der Waals surface area contributed by atoms with Crippen LogP contribution in [-0.2, 0) is 16.1 Å². The van der Waals surface area contributed by atoms with Gasteiger partial charge in [0.25, 0.3) is 0 Å². The number of amidine groups is 1. The van der Waals surface area contributed by atoms with Crippen molar-refractivity contribution in [2.45, 2.75) is 39.0 Å². The SMILES string of the molecule is CC(C)(C)OC(=O)N[C@H](COCc1ccccc1)C(=NCCO)NN. The second kappa shape index (κ2) is 10.7. The summed E-state index contributed by atoms with van der Waals surface area (Å²) in [6, 6.07) is 9.02. The highest BCUT2D eigenvalue weighted by Crippen LogP contribution is 2.07. The molecule has 0 saturated carbocycles. The molecule has 0 aromatic heterocycles. The van der Waals surface area contributed by atoms with Gasteiger partial charge in [-0.2, -0.15) is 0 Å². The molecule has 1 aromatic carbocycles. The van der Waals surface area contributed by atoms with Crippen LogP contribution in [0.1, 0.15) is 26.3 Å². The number of nitrogens with two attached hydrogens (primary N) is 1. The van der Waals surface area contributed by atoms with E-state index in [1.165, 1.54) is 0 Å². The summed E-state index contributed by atoms with van der Waals surface area (Å²) in [6.07, 6.45) is -0.604. The number of nitrogens with zero attached hydrogens (tertiary/aromatic N) is 1. The number of aliphatic hydroxyl groups is 1. The van der Waals surface area contributed by atoms with Crippen LogP contribution < -0.4 is 16.6 Å². The fourth-order valence-electron chi connectivity index (χ4n) is 1.93. The normalized spacial score (nSPS) is 13.2. The number of amides is 1. The molecule has 8 heteroatoms. The minimum atomic E-state index is -0.630. The van der Waals surface area contributed by atoms with E-state index in [0.29, 0.717) is 12.4 Å². The number of hydrogen-bond acceptors (Lipinski definition) is 6. The number of nitrogens with one attached hydrogen (secondary N) is 2. The van der Waals surface area contributed by atoms with Crippen LogP contribution in [0.25, 0.3) is 0 Å². The van der Waals surface area contributed by atoms with Gasteiger partial charge in [0.2, 0.25) is 0 Å². The molecule has 1 aromatic rings. The van der Waals surface area contributed by atoms with Crippen LogP contribution in [0.15, 0.2) is 35.3 Å². The summed E-state index contributed by atoms with van der Waals surface area (Å²) in [6.45, 7) is 5.87. The van der Waals surface area contributed by atoms with Gasteiger partial charge < -0.3 is 25.3 Å².